The molecule has 1 aromatic heterocycles. The fraction of sp³-hybridized carbons (Fsp3) is 0.286. The average molecular weight is 300 g/mol. The number of ether oxygens (including phenoxy) is 1. The minimum absolute atomic E-state index is 0.120. The Balaban J connectivity index is 2.50. The van der Waals surface area contributed by atoms with Gasteiger partial charge in [0.15, 0.2) is 5.22 Å². The van der Waals surface area contributed by atoms with Gasteiger partial charge in [0.1, 0.15) is 5.75 Å². The molecule has 5 heteroatoms. The molecule has 3 nitrogen and oxygen atoms in total. The van der Waals surface area contributed by atoms with Crippen LogP contribution in [-0.4, -0.2) is 13.7 Å². The molecule has 102 valence electrons. The predicted octanol–water partition coefficient (Wildman–Crippen LogP) is 4.29. The Hall–Kier alpha value is -1.16. The van der Waals surface area contributed by atoms with Crippen LogP contribution in [0.5, 0.6) is 5.75 Å². The van der Waals surface area contributed by atoms with Crippen molar-refractivity contribution in [3.63, 3.8) is 0 Å². The molecule has 0 bridgehead atoms. The highest BCUT2D eigenvalue weighted by atomic mass is 35.5. The Kier molecular flexibility index (Phi) is 4.75. The molecular formula is C14H15Cl2NO2. The highest BCUT2D eigenvalue weighted by Gasteiger charge is 2.21. The van der Waals surface area contributed by atoms with E-state index in [1.807, 2.05) is 25.1 Å². The maximum absolute atomic E-state index is 6.08. The number of hydrogen-bond acceptors (Lipinski definition) is 3. The number of hydrogen-bond donors (Lipinski definition) is 1. The van der Waals surface area contributed by atoms with Gasteiger partial charge in [-0.1, -0.05) is 18.5 Å². The van der Waals surface area contributed by atoms with Crippen LogP contribution in [-0.2, 0) is 0 Å². The van der Waals surface area contributed by atoms with Crippen molar-refractivity contribution >= 4 is 23.2 Å². The first-order chi connectivity index (χ1) is 9.17. The summed E-state index contributed by atoms with van der Waals surface area (Å²) in [5.41, 5.74) is 1.80. The molecule has 2 rings (SSSR count). The van der Waals surface area contributed by atoms with Gasteiger partial charge in [0.05, 0.1) is 19.4 Å². The third kappa shape index (κ3) is 3.06. The first kappa shape index (κ1) is 14.3. The molecule has 19 heavy (non-hydrogen) atoms. The summed E-state index contributed by atoms with van der Waals surface area (Å²) in [7, 11) is 1.63. The third-order valence-electron chi connectivity index (χ3n) is 2.87. The van der Waals surface area contributed by atoms with Crippen molar-refractivity contribution in [2.45, 2.75) is 13.0 Å². The Morgan fingerprint density at radius 2 is 2.05 bits per heavy atom. The molecule has 0 saturated carbocycles. The van der Waals surface area contributed by atoms with Gasteiger partial charge in [-0.2, -0.15) is 0 Å². The van der Waals surface area contributed by atoms with E-state index in [2.05, 4.69) is 5.32 Å². The molecule has 2 aromatic rings. The lowest BCUT2D eigenvalue weighted by Crippen LogP contribution is -2.22. The van der Waals surface area contributed by atoms with E-state index >= 15 is 0 Å². The summed E-state index contributed by atoms with van der Waals surface area (Å²) in [6.45, 7) is 2.81. The molecular weight excluding hydrogens is 285 g/mol. The summed E-state index contributed by atoms with van der Waals surface area (Å²) in [6, 6.07) is 7.23. The van der Waals surface area contributed by atoms with E-state index in [-0.39, 0.29) is 6.04 Å². The van der Waals surface area contributed by atoms with Crippen molar-refractivity contribution in [1.29, 1.82) is 0 Å². The molecule has 0 spiro atoms. The van der Waals surface area contributed by atoms with Crippen LogP contribution in [0.25, 0.3) is 0 Å². The molecule has 0 saturated heterocycles. The van der Waals surface area contributed by atoms with Crippen LogP contribution in [0.1, 0.15) is 24.1 Å². The summed E-state index contributed by atoms with van der Waals surface area (Å²) >= 11 is 12.2. The first-order valence-electron chi connectivity index (χ1n) is 5.97. The molecule has 0 aliphatic rings. The Bertz CT molecular complexity index is 554. The zero-order valence-corrected chi connectivity index (χ0v) is 12.3. The van der Waals surface area contributed by atoms with Crippen LogP contribution in [0.2, 0.25) is 10.2 Å². The van der Waals surface area contributed by atoms with Crippen molar-refractivity contribution in [3.05, 3.63) is 51.9 Å². The van der Waals surface area contributed by atoms with Gasteiger partial charge in [-0.25, -0.2) is 0 Å². The molecule has 0 amide bonds. The molecule has 0 radical (unpaired) electrons. The number of benzene rings is 1. The number of furan rings is 1. The number of halogens is 2. The van der Waals surface area contributed by atoms with Crippen LogP contribution in [0.4, 0.5) is 0 Å². The molecule has 1 N–H and O–H groups in total. The molecule has 1 unspecified atom stereocenters. The van der Waals surface area contributed by atoms with Gasteiger partial charge in [0.25, 0.3) is 0 Å². The fourth-order valence-electron chi connectivity index (χ4n) is 2.03. The van der Waals surface area contributed by atoms with Crippen LogP contribution in [0, 0.1) is 0 Å². The minimum atomic E-state index is -0.120. The number of rotatable bonds is 5. The van der Waals surface area contributed by atoms with E-state index in [1.54, 1.807) is 19.4 Å². The number of nitrogens with one attached hydrogen (secondary N) is 1. The van der Waals surface area contributed by atoms with Crippen molar-refractivity contribution in [1.82, 2.24) is 5.32 Å². The summed E-state index contributed by atoms with van der Waals surface area (Å²) in [5.74, 6) is 0.757. The van der Waals surface area contributed by atoms with Gasteiger partial charge in [0, 0.05) is 16.1 Å². The van der Waals surface area contributed by atoms with E-state index in [0.717, 1.165) is 23.4 Å². The summed E-state index contributed by atoms with van der Waals surface area (Å²) in [4.78, 5) is 0. The molecule has 1 aromatic carbocycles. The maximum Gasteiger partial charge on any atom is 0.198 e. The van der Waals surface area contributed by atoms with E-state index in [4.69, 9.17) is 32.4 Å². The second-order valence-electron chi connectivity index (χ2n) is 4.03. The third-order valence-corrected chi connectivity index (χ3v) is 3.41. The van der Waals surface area contributed by atoms with Crippen LogP contribution in [0.15, 0.2) is 34.9 Å². The van der Waals surface area contributed by atoms with Crippen LogP contribution >= 0.6 is 23.2 Å². The average Bonchev–Trinajstić information content (AvgIpc) is 2.82. The van der Waals surface area contributed by atoms with Crippen molar-refractivity contribution in [3.8, 4) is 5.75 Å². The molecule has 1 heterocycles. The molecule has 0 aliphatic carbocycles. The summed E-state index contributed by atoms with van der Waals surface area (Å²) in [5, 5.41) is 4.38. The van der Waals surface area contributed by atoms with Gasteiger partial charge in [-0.15, -0.1) is 0 Å². The van der Waals surface area contributed by atoms with Gasteiger partial charge in [-0.05, 0) is 42.4 Å². The zero-order valence-electron chi connectivity index (χ0n) is 10.7. The smallest absolute Gasteiger partial charge is 0.198 e. The molecule has 0 fully saturated rings. The predicted molar refractivity (Wildman–Crippen MR) is 77.2 cm³/mol. The Morgan fingerprint density at radius 1 is 1.26 bits per heavy atom. The van der Waals surface area contributed by atoms with Gasteiger partial charge < -0.3 is 14.5 Å². The largest absolute Gasteiger partial charge is 0.496 e. The van der Waals surface area contributed by atoms with Crippen LogP contribution < -0.4 is 10.1 Å². The lowest BCUT2D eigenvalue weighted by molar-refractivity contribution is 0.404. The van der Waals surface area contributed by atoms with E-state index in [9.17, 15) is 0 Å². The minimum Gasteiger partial charge on any atom is -0.496 e. The van der Waals surface area contributed by atoms with Gasteiger partial charge >= 0.3 is 0 Å². The summed E-state index contributed by atoms with van der Waals surface area (Å²) < 4.78 is 10.6. The topological polar surface area (TPSA) is 34.4 Å². The lowest BCUT2D eigenvalue weighted by Gasteiger charge is -2.20. The zero-order chi connectivity index (χ0) is 13.8. The van der Waals surface area contributed by atoms with Crippen molar-refractivity contribution in [2.24, 2.45) is 0 Å². The monoisotopic (exact) mass is 299 g/mol. The number of methoxy groups -OCH3 is 1. The fourth-order valence-corrected chi connectivity index (χ4v) is 2.44. The van der Waals surface area contributed by atoms with E-state index < -0.39 is 0 Å². The second kappa shape index (κ2) is 6.33. The standard InChI is InChI=1S/C14H15Cl2NO2/c1-3-17-13(10-6-7-19-14(10)16)11-8-9(15)4-5-12(11)18-2/h4-8,13,17H,3H2,1-2H3. The highest BCUT2D eigenvalue weighted by molar-refractivity contribution is 6.30. The normalized spacial score (nSPS) is 12.4. The molecule has 1 atom stereocenters. The quantitative estimate of drug-likeness (QED) is 0.894. The lowest BCUT2D eigenvalue weighted by atomic mass is 10.00. The SMILES string of the molecule is CCNC(c1cc(Cl)ccc1OC)c1ccoc1Cl. The maximum atomic E-state index is 6.08. The summed E-state index contributed by atoms with van der Waals surface area (Å²) in [6.07, 6.45) is 1.57. The van der Waals surface area contributed by atoms with Crippen molar-refractivity contribution in [2.75, 3.05) is 13.7 Å². The van der Waals surface area contributed by atoms with E-state index in [0.29, 0.717) is 10.2 Å². The van der Waals surface area contributed by atoms with Gasteiger partial charge in [-0.3, -0.25) is 0 Å². The van der Waals surface area contributed by atoms with Crippen molar-refractivity contribution < 1.29 is 9.15 Å². The Morgan fingerprint density at radius 3 is 2.63 bits per heavy atom. The second-order valence-corrected chi connectivity index (χ2v) is 4.81. The van der Waals surface area contributed by atoms with E-state index in [1.165, 1.54) is 0 Å². The van der Waals surface area contributed by atoms with Crippen LogP contribution in [0.3, 0.4) is 0 Å². The van der Waals surface area contributed by atoms with Gasteiger partial charge in [0.2, 0.25) is 0 Å². The Labute approximate surface area is 122 Å². The molecule has 0 aliphatic heterocycles. The first-order valence-corrected chi connectivity index (χ1v) is 6.72. The highest BCUT2D eigenvalue weighted by Crippen LogP contribution is 2.35.